The number of carbonyl (C=O) groups is 1. The van der Waals surface area contributed by atoms with Crippen molar-refractivity contribution in [2.45, 2.75) is 31.1 Å². The highest BCUT2D eigenvalue weighted by Gasteiger charge is 2.26. The van der Waals surface area contributed by atoms with Crippen LogP contribution in [0.4, 0.5) is 0 Å². The van der Waals surface area contributed by atoms with Gasteiger partial charge in [-0.25, -0.2) is 4.98 Å². The van der Waals surface area contributed by atoms with Gasteiger partial charge >= 0.3 is 0 Å². The number of aromatic nitrogens is 1. The Balaban J connectivity index is 2.05. The lowest BCUT2D eigenvalue weighted by atomic mass is 10.1. The molecule has 2 heterocycles. The van der Waals surface area contributed by atoms with E-state index in [0.717, 1.165) is 31.6 Å². The molecule has 3 nitrogen and oxygen atoms in total. The monoisotopic (exact) mass is 288 g/mol. The summed E-state index contributed by atoms with van der Waals surface area (Å²) in [7, 11) is 0. The maximum atomic E-state index is 11.8. The minimum absolute atomic E-state index is 0.0134. The highest BCUT2D eigenvalue weighted by Crippen LogP contribution is 2.22. The molecule has 1 aliphatic heterocycles. The smallest absolute Gasteiger partial charge is 0.236 e. The Bertz CT molecular complexity index is 366. The second-order valence-electron chi connectivity index (χ2n) is 3.73. The molecule has 1 aromatic heterocycles. The molecule has 1 unspecified atom stereocenters. The standard InChI is InChI=1S/C10H13BrN2OS/c1-7-9(15-6-12-7)5-13-4-2-3-8(11)10(13)14/h6,8H,2-5H2,1H3. The van der Waals surface area contributed by atoms with Crippen molar-refractivity contribution < 1.29 is 4.79 Å². The first-order valence-electron chi connectivity index (χ1n) is 5.00. The van der Waals surface area contributed by atoms with E-state index in [-0.39, 0.29) is 10.7 Å². The second kappa shape index (κ2) is 4.61. The summed E-state index contributed by atoms with van der Waals surface area (Å²) < 4.78 is 0. The summed E-state index contributed by atoms with van der Waals surface area (Å²) in [5.74, 6) is 0.217. The second-order valence-corrected chi connectivity index (χ2v) is 5.78. The summed E-state index contributed by atoms with van der Waals surface area (Å²) in [6.07, 6.45) is 2.04. The highest BCUT2D eigenvalue weighted by molar-refractivity contribution is 9.10. The Kier molecular flexibility index (Phi) is 3.41. The minimum Gasteiger partial charge on any atom is -0.337 e. The van der Waals surface area contributed by atoms with E-state index in [1.54, 1.807) is 11.3 Å². The first kappa shape index (κ1) is 11.1. The van der Waals surface area contributed by atoms with E-state index < -0.39 is 0 Å². The van der Waals surface area contributed by atoms with Crippen molar-refractivity contribution in [3.8, 4) is 0 Å². The van der Waals surface area contributed by atoms with E-state index in [0.29, 0.717) is 0 Å². The third kappa shape index (κ3) is 2.39. The van der Waals surface area contributed by atoms with Crippen LogP contribution in [-0.2, 0) is 11.3 Å². The molecular weight excluding hydrogens is 276 g/mol. The van der Waals surface area contributed by atoms with Crippen molar-refractivity contribution in [1.29, 1.82) is 0 Å². The molecule has 0 aromatic carbocycles. The maximum Gasteiger partial charge on any atom is 0.236 e. The number of likely N-dealkylation sites (tertiary alicyclic amines) is 1. The van der Waals surface area contributed by atoms with E-state index in [9.17, 15) is 4.79 Å². The van der Waals surface area contributed by atoms with Crippen molar-refractivity contribution in [3.05, 3.63) is 16.1 Å². The van der Waals surface area contributed by atoms with Crippen LogP contribution >= 0.6 is 27.3 Å². The van der Waals surface area contributed by atoms with Crippen LogP contribution in [-0.4, -0.2) is 27.2 Å². The summed E-state index contributed by atoms with van der Waals surface area (Å²) in [4.78, 5) is 19.2. The van der Waals surface area contributed by atoms with Crippen LogP contribution in [0, 0.1) is 6.92 Å². The molecule has 0 saturated carbocycles. The lowest BCUT2D eigenvalue weighted by Crippen LogP contribution is -2.41. The number of halogens is 1. The van der Waals surface area contributed by atoms with Gasteiger partial charge in [-0.2, -0.15) is 0 Å². The molecule has 0 N–H and O–H groups in total. The molecule has 5 heteroatoms. The number of aryl methyl sites for hydroxylation is 1. The molecule has 15 heavy (non-hydrogen) atoms. The average molecular weight is 289 g/mol. The van der Waals surface area contributed by atoms with Crippen molar-refractivity contribution in [2.24, 2.45) is 0 Å². The summed E-state index contributed by atoms with van der Waals surface area (Å²) >= 11 is 5.04. The molecule has 2 rings (SSSR count). The van der Waals surface area contributed by atoms with Crippen LogP contribution in [0.5, 0.6) is 0 Å². The van der Waals surface area contributed by atoms with E-state index in [4.69, 9.17) is 0 Å². The Hall–Kier alpha value is -0.420. The Morgan fingerprint density at radius 1 is 1.73 bits per heavy atom. The zero-order valence-corrected chi connectivity index (χ0v) is 11.0. The van der Waals surface area contributed by atoms with Gasteiger partial charge < -0.3 is 4.90 Å². The normalized spacial score (nSPS) is 22.1. The number of alkyl halides is 1. The highest BCUT2D eigenvalue weighted by atomic mass is 79.9. The van der Waals surface area contributed by atoms with Crippen LogP contribution in [0.25, 0.3) is 0 Å². The van der Waals surface area contributed by atoms with E-state index >= 15 is 0 Å². The maximum absolute atomic E-state index is 11.8. The summed E-state index contributed by atoms with van der Waals surface area (Å²) in [5.41, 5.74) is 2.88. The molecule has 1 saturated heterocycles. The van der Waals surface area contributed by atoms with E-state index in [1.807, 2.05) is 17.3 Å². The molecule has 0 spiro atoms. The van der Waals surface area contributed by atoms with Crippen molar-refractivity contribution in [3.63, 3.8) is 0 Å². The van der Waals surface area contributed by atoms with E-state index in [1.165, 1.54) is 4.88 Å². The molecule has 1 aliphatic rings. The fourth-order valence-electron chi connectivity index (χ4n) is 1.70. The van der Waals surface area contributed by atoms with Crippen molar-refractivity contribution in [1.82, 2.24) is 9.88 Å². The predicted octanol–water partition coefficient (Wildman–Crippen LogP) is 2.34. The van der Waals surface area contributed by atoms with Crippen LogP contribution in [0.2, 0.25) is 0 Å². The Morgan fingerprint density at radius 2 is 2.53 bits per heavy atom. The van der Waals surface area contributed by atoms with Gasteiger partial charge in [0.15, 0.2) is 0 Å². The molecular formula is C10H13BrN2OS. The SMILES string of the molecule is Cc1ncsc1CN1CCCC(Br)C1=O. The number of thiazole rings is 1. The lowest BCUT2D eigenvalue weighted by Gasteiger charge is -2.29. The van der Waals surface area contributed by atoms with Gasteiger partial charge in [0.2, 0.25) is 5.91 Å². The van der Waals surface area contributed by atoms with Gasteiger partial charge in [-0.15, -0.1) is 11.3 Å². The molecule has 0 radical (unpaired) electrons. The number of piperidine rings is 1. The molecule has 82 valence electrons. The van der Waals surface area contributed by atoms with Crippen molar-refractivity contribution >= 4 is 33.2 Å². The number of carbonyl (C=O) groups excluding carboxylic acids is 1. The summed E-state index contributed by atoms with van der Waals surface area (Å²) in [6.45, 7) is 3.58. The minimum atomic E-state index is 0.0134. The number of nitrogens with zero attached hydrogens (tertiary/aromatic N) is 2. The van der Waals surface area contributed by atoms with Gasteiger partial charge in [-0.05, 0) is 19.8 Å². The topological polar surface area (TPSA) is 33.2 Å². The largest absolute Gasteiger partial charge is 0.337 e. The molecule has 1 atom stereocenters. The van der Waals surface area contributed by atoms with Crippen LogP contribution < -0.4 is 0 Å². The van der Waals surface area contributed by atoms with Crippen LogP contribution in [0.15, 0.2) is 5.51 Å². The number of hydrogen-bond acceptors (Lipinski definition) is 3. The number of rotatable bonds is 2. The molecule has 1 aromatic rings. The third-order valence-corrected chi connectivity index (χ3v) is 4.41. The first-order chi connectivity index (χ1) is 7.18. The Morgan fingerprint density at radius 3 is 3.20 bits per heavy atom. The summed E-state index contributed by atoms with van der Waals surface area (Å²) in [5, 5.41) is 0. The van der Waals surface area contributed by atoms with Gasteiger partial charge in [0.25, 0.3) is 0 Å². The number of amides is 1. The van der Waals surface area contributed by atoms with Gasteiger partial charge in [0, 0.05) is 11.4 Å². The summed E-state index contributed by atoms with van der Waals surface area (Å²) in [6, 6.07) is 0. The predicted molar refractivity (Wildman–Crippen MR) is 64.2 cm³/mol. The fraction of sp³-hybridized carbons (Fsp3) is 0.600. The molecule has 0 bridgehead atoms. The third-order valence-electron chi connectivity index (χ3n) is 2.64. The van der Waals surface area contributed by atoms with Gasteiger partial charge in [0.05, 0.1) is 22.6 Å². The molecule has 0 aliphatic carbocycles. The van der Waals surface area contributed by atoms with Crippen molar-refractivity contribution in [2.75, 3.05) is 6.54 Å². The van der Waals surface area contributed by atoms with E-state index in [2.05, 4.69) is 20.9 Å². The number of hydrogen-bond donors (Lipinski definition) is 0. The first-order valence-corrected chi connectivity index (χ1v) is 6.80. The fourth-order valence-corrected chi connectivity index (χ4v) is 3.11. The zero-order chi connectivity index (χ0) is 10.8. The van der Waals surface area contributed by atoms with Crippen LogP contribution in [0.3, 0.4) is 0 Å². The van der Waals surface area contributed by atoms with Crippen LogP contribution in [0.1, 0.15) is 23.4 Å². The zero-order valence-electron chi connectivity index (χ0n) is 8.57. The van der Waals surface area contributed by atoms with Gasteiger partial charge in [0.1, 0.15) is 0 Å². The quantitative estimate of drug-likeness (QED) is 0.783. The lowest BCUT2D eigenvalue weighted by molar-refractivity contribution is -0.132. The van der Waals surface area contributed by atoms with Gasteiger partial charge in [-0.3, -0.25) is 4.79 Å². The Labute approximate surface area is 102 Å². The molecule has 1 amide bonds. The van der Waals surface area contributed by atoms with Gasteiger partial charge in [-0.1, -0.05) is 15.9 Å². The molecule has 1 fully saturated rings. The average Bonchev–Trinajstić information content (AvgIpc) is 2.60.